The fourth-order valence-electron chi connectivity index (χ4n) is 5.31. The third-order valence-corrected chi connectivity index (χ3v) is 7.61. The van der Waals surface area contributed by atoms with Gasteiger partial charge in [-0.05, 0) is 37.6 Å². The number of para-hydroxylation sites is 2. The van der Waals surface area contributed by atoms with Crippen LogP contribution in [0.1, 0.15) is 37.1 Å². The Labute approximate surface area is 238 Å². The summed E-state index contributed by atoms with van der Waals surface area (Å²) in [4.78, 5) is 22.1. The van der Waals surface area contributed by atoms with E-state index in [4.69, 9.17) is 30.2 Å². The van der Waals surface area contributed by atoms with Crippen LogP contribution < -0.4 is 9.64 Å². The highest BCUT2D eigenvalue weighted by Gasteiger charge is 2.41. The second-order valence-corrected chi connectivity index (χ2v) is 10.1. The number of hydrogen-bond donors (Lipinski definition) is 0. The van der Waals surface area contributed by atoms with Crippen LogP contribution >= 0.6 is 11.6 Å². The zero-order valence-corrected chi connectivity index (χ0v) is 23.5. The van der Waals surface area contributed by atoms with Gasteiger partial charge >= 0.3 is 6.16 Å². The van der Waals surface area contributed by atoms with Crippen molar-refractivity contribution in [2.24, 2.45) is 4.99 Å². The molecule has 0 aliphatic carbocycles. The number of rotatable bonds is 8. The molecule has 1 fully saturated rings. The molecule has 0 bridgehead atoms. The molecule has 2 aromatic carbocycles. The number of methoxy groups -OCH3 is 1. The second-order valence-electron chi connectivity index (χ2n) is 9.66. The standard InChI is InChI=1S/C29H32ClN5O5/c1-19-25(28-33-31-18-39-28)26(21-8-4-5-9-22(21)30)27(20(2)32-19)40-29(36)38-17-16-34-12-14-35(15-13-34)23-10-6-7-11-24(23)37-3/h4-11,18,25-26H,12-17H2,1-3H3. The maximum atomic E-state index is 12.9. The molecular formula is C29H32ClN5O5. The monoisotopic (exact) mass is 565 g/mol. The van der Waals surface area contributed by atoms with Crippen molar-refractivity contribution < 1.29 is 23.4 Å². The highest BCUT2D eigenvalue weighted by molar-refractivity contribution is 6.31. The Morgan fingerprint density at radius 3 is 2.52 bits per heavy atom. The molecule has 0 radical (unpaired) electrons. The second kappa shape index (κ2) is 12.5. The molecule has 0 saturated carbocycles. The number of aromatic nitrogens is 2. The van der Waals surface area contributed by atoms with Gasteiger partial charge in [-0.2, -0.15) is 0 Å². The van der Waals surface area contributed by atoms with Crippen LogP contribution in [0.5, 0.6) is 5.75 Å². The minimum atomic E-state index is -0.793. The summed E-state index contributed by atoms with van der Waals surface area (Å²) in [6.07, 6.45) is 0.473. The molecular weight excluding hydrogens is 534 g/mol. The van der Waals surface area contributed by atoms with Crippen molar-refractivity contribution in [3.63, 3.8) is 0 Å². The summed E-state index contributed by atoms with van der Waals surface area (Å²) in [6.45, 7) is 7.86. The van der Waals surface area contributed by atoms with E-state index in [0.717, 1.165) is 48.9 Å². The Kier molecular flexibility index (Phi) is 8.66. The number of carbonyl (C=O) groups excluding carboxylic acids is 1. The molecule has 5 rings (SSSR count). The molecule has 0 spiro atoms. The molecule has 2 aliphatic heterocycles. The number of ether oxygens (including phenoxy) is 3. The summed E-state index contributed by atoms with van der Waals surface area (Å²) < 4.78 is 22.4. The lowest BCUT2D eigenvalue weighted by Gasteiger charge is -2.36. The van der Waals surface area contributed by atoms with Crippen LogP contribution in [0.15, 0.2) is 75.8 Å². The van der Waals surface area contributed by atoms with Crippen molar-refractivity contribution in [1.82, 2.24) is 15.1 Å². The molecule has 2 aliphatic rings. The zero-order chi connectivity index (χ0) is 28.1. The van der Waals surface area contributed by atoms with E-state index >= 15 is 0 Å². The minimum absolute atomic E-state index is 0.200. The molecule has 1 aromatic heterocycles. The third-order valence-electron chi connectivity index (χ3n) is 7.27. The molecule has 1 saturated heterocycles. The normalized spacial score (nSPS) is 19.8. The van der Waals surface area contributed by atoms with Crippen LogP contribution in [-0.2, 0) is 9.47 Å². The molecule has 10 nitrogen and oxygen atoms in total. The summed E-state index contributed by atoms with van der Waals surface area (Å²) in [6, 6.07) is 15.4. The van der Waals surface area contributed by atoms with Crippen molar-refractivity contribution in [1.29, 1.82) is 0 Å². The molecule has 3 heterocycles. The van der Waals surface area contributed by atoms with Crippen LogP contribution in [0.2, 0.25) is 5.02 Å². The summed E-state index contributed by atoms with van der Waals surface area (Å²) in [5.74, 6) is 0.624. The van der Waals surface area contributed by atoms with Crippen LogP contribution in [0.3, 0.4) is 0 Å². The van der Waals surface area contributed by atoms with Gasteiger partial charge in [0.05, 0.1) is 30.3 Å². The quantitative estimate of drug-likeness (QED) is 0.337. The van der Waals surface area contributed by atoms with E-state index in [0.29, 0.717) is 28.9 Å². The first-order chi connectivity index (χ1) is 19.5. The lowest BCUT2D eigenvalue weighted by Crippen LogP contribution is -2.47. The summed E-state index contributed by atoms with van der Waals surface area (Å²) in [7, 11) is 1.69. The Morgan fingerprint density at radius 1 is 1.05 bits per heavy atom. The van der Waals surface area contributed by atoms with Crippen LogP contribution in [0.25, 0.3) is 0 Å². The highest BCUT2D eigenvalue weighted by atomic mass is 35.5. The van der Waals surface area contributed by atoms with E-state index < -0.39 is 18.0 Å². The van der Waals surface area contributed by atoms with Gasteiger partial charge in [0.2, 0.25) is 12.3 Å². The first kappa shape index (κ1) is 27.7. The molecule has 11 heteroatoms. The van der Waals surface area contributed by atoms with Gasteiger partial charge in [-0.1, -0.05) is 41.9 Å². The first-order valence-electron chi connectivity index (χ1n) is 13.2. The van der Waals surface area contributed by atoms with Gasteiger partial charge in [-0.3, -0.25) is 9.89 Å². The third kappa shape index (κ3) is 5.97. The fourth-order valence-corrected chi connectivity index (χ4v) is 5.56. The van der Waals surface area contributed by atoms with E-state index in [9.17, 15) is 4.79 Å². The van der Waals surface area contributed by atoms with Crippen LogP contribution in [-0.4, -0.2) is 73.4 Å². The topological polar surface area (TPSA) is 103 Å². The molecule has 3 aromatic rings. The largest absolute Gasteiger partial charge is 0.513 e. The molecule has 2 unspecified atom stereocenters. The van der Waals surface area contributed by atoms with Crippen molar-refractivity contribution >= 4 is 29.2 Å². The van der Waals surface area contributed by atoms with E-state index in [-0.39, 0.29) is 6.61 Å². The van der Waals surface area contributed by atoms with Crippen molar-refractivity contribution in [3.05, 3.63) is 82.9 Å². The van der Waals surface area contributed by atoms with Crippen molar-refractivity contribution in [2.75, 3.05) is 51.3 Å². The molecule has 0 N–H and O–H groups in total. The van der Waals surface area contributed by atoms with Gasteiger partial charge in [0.1, 0.15) is 18.1 Å². The lowest BCUT2D eigenvalue weighted by molar-refractivity contribution is 0.0619. The lowest BCUT2D eigenvalue weighted by atomic mass is 9.79. The van der Waals surface area contributed by atoms with Gasteiger partial charge < -0.3 is 23.5 Å². The predicted octanol–water partition coefficient (Wildman–Crippen LogP) is 5.28. The summed E-state index contributed by atoms with van der Waals surface area (Å²) in [5, 5.41) is 8.48. The number of carbonyl (C=O) groups is 1. The first-order valence-corrected chi connectivity index (χ1v) is 13.6. The maximum absolute atomic E-state index is 12.9. The molecule has 0 amide bonds. The molecule has 210 valence electrons. The van der Waals surface area contributed by atoms with Crippen molar-refractivity contribution in [2.45, 2.75) is 25.7 Å². The number of piperazine rings is 1. The molecule has 40 heavy (non-hydrogen) atoms. The number of anilines is 1. The van der Waals surface area contributed by atoms with Crippen LogP contribution in [0.4, 0.5) is 10.5 Å². The number of nitrogens with zero attached hydrogens (tertiary/aromatic N) is 5. The Balaban J connectivity index is 1.21. The number of halogens is 1. The fraction of sp³-hybridized carbons (Fsp3) is 0.379. The smallest absolute Gasteiger partial charge is 0.495 e. The Morgan fingerprint density at radius 2 is 1.80 bits per heavy atom. The predicted molar refractivity (Wildman–Crippen MR) is 151 cm³/mol. The van der Waals surface area contributed by atoms with E-state index in [2.05, 4.69) is 31.1 Å². The van der Waals surface area contributed by atoms with Gasteiger partial charge in [0, 0.05) is 43.5 Å². The Hall–Kier alpha value is -3.89. The molecule has 2 atom stereocenters. The summed E-state index contributed by atoms with van der Waals surface area (Å²) in [5.41, 5.74) is 3.16. The van der Waals surface area contributed by atoms with Gasteiger partial charge in [0.15, 0.2) is 0 Å². The van der Waals surface area contributed by atoms with Gasteiger partial charge in [-0.25, -0.2) is 4.79 Å². The SMILES string of the molecule is COc1ccccc1N1CCN(CCOC(=O)OC2=C(C)N=C(C)C(c3nnco3)C2c2ccccc2Cl)CC1. The van der Waals surface area contributed by atoms with E-state index in [1.54, 1.807) is 20.1 Å². The van der Waals surface area contributed by atoms with Crippen molar-refractivity contribution in [3.8, 4) is 5.75 Å². The number of aliphatic imine (C=N–C) groups is 1. The average Bonchev–Trinajstić information content (AvgIpc) is 3.49. The number of hydrogen-bond acceptors (Lipinski definition) is 10. The maximum Gasteiger partial charge on any atom is 0.513 e. The van der Waals surface area contributed by atoms with Gasteiger partial charge in [0.25, 0.3) is 0 Å². The number of benzene rings is 2. The zero-order valence-electron chi connectivity index (χ0n) is 22.7. The summed E-state index contributed by atoms with van der Waals surface area (Å²) >= 11 is 6.60. The van der Waals surface area contributed by atoms with E-state index in [1.165, 1.54) is 6.39 Å². The minimum Gasteiger partial charge on any atom is -0.495 e. The van der Waals surface area contributed by atoms with Crippen LogP contribution in [0, 0.1) is 0 Å². The number of allylic oxidation sites excluding steroid dienone is 2. The Bertz CT molecular complexity index is 1380. The highest BCUT2D eigenvalue weighted by Crippen LogP contribution is 2.46. The van der Waals surface area contributed by atoms with E-state index in [1.807, 2.05) is 43.3 Å². The average molecular weight is 566 g/mol. The van der Waals surface area contributed by atoms with Gasteiger partial charge in [-0.15, -0.1) is 10.2 Å².